The van der Waals surface area contributed by atoms with Gasteiger partial charge in [-0.1, -0.05) is 24.3 Å². The number of ether oxygens (including phenoxy) is 2. The van der Waals surface area contributed by atoms with E-state index in [0.29, 0.717) is 20.1 Å². The summed E-state index contributed by atoms with van der Waals surface area (Å²) in [5.74, 6) is 0.213. The summed E-state index contributed by atoms with van der Waals surface area (Å²) in [7, 11) is 0. The van der Waals surface area contributed by atoms with E-state index in [0.717, 1.165) is 0 Å². The summed E-state index contributed by atoms with van der Waals surface area (Å²) in [6, 6.07) is 20.8. The minimum atomic E-state index is -1.06. The van der Waals surface area contributed by atoms with Crippen LogP contribution in [0.1, 0.15) is 11.1 Å². The molecule has 0 N–H and O–H groups in total. The number of hydrogen-bond donors (Lipinski definition) is 0. The van der Waals surface area contributed by atoms with Crippen LogP contribution in [0.15, 0.2) is 81.7 Å². The van der Waals surface area contributed by atoms with Gasteiger partial charge in [-0.15, -0.1) is 0 Å². The first-order valence-electron chi connectivity index (χ1n) is 11.0. The SMILES string of the molecule is N#Cc1cc(Br)c(-c2ccc(OC(=O)Oc3ccc(-c4c(Br)cc(C#N)cc4[N+](=O)[O-])cc3)cc2)c([N+](=O)[O-])c1. The van der Waals surface area contributed by atoms with E-state index in [1.807, 2.05) is 12.1 Å². The van der Waals surface area contributed by atoms with Gasteiger partial charge in [0, 0.05) is 21.1 Å². The Labute approximate surface area is 242 Å². The molecule has 0 aliphatic heterocycles. The number of carbonyl (C=O) groups is 1. The van der Waals surface area contributed by atoms with Crippen LogP contribution in [0.25, 0.3) is 22.3 Å². The molecular formula is C27H12Br2N4O7. The minimum absolute atomic E-state index is 0.106. The molecule has 40 heavy (non-hydrogen) atoms. The van der Waals surface area contributed by atoms with E-state index in [1.54, 1.807) is 0 Å². The summed E-state index contributed by atoms with van der Waals surface area (Å²) in [5, 5.41) is 41.3. The highest BCUT2D eigenvalue weighted by Crippen LogP contribution is 2.39. The highest BCUT2D eigenvalue weighted by Gasteiger charge is 2.22. The van der Waals surface area contributed by atoms with Gasteiger partial charge in [-0.05, 0) is 79.4 Å². The number of nitro benzene ring substituents is 2. The van der Waals surface area contributed by atoms with Crippen molar-refractivity contribution in [3.8, 4) is 45.9 Å². The molecule has 0 amide bonds. The monoisotopic (exact) mass is 662 g/mol. The lowest BCUT2D eigenvalue weighted by Crippen LogP contribution is -2.13. The van der Waals surface area contributed by atoms with Gasteiger partial charge in [0.15, 0.2) is 0 Å². The molecule has 0 bridgehead atoms. The standard InChI is InChI=1S/C27H12Br2N4O7/c28-21-9-15(13-30)11-23(32(35)36)25(21)17-1-5-19(6-2-17)39-27(34)40-20-7-3-18(4-8-20)26-22(29)10-16(14-31)12-24(26)33(37)38/h1-12H. The Morgan fingerprint density at radius 1 is 0.675 bits per heavy atom. The van der Waals surface area contributed by atoms with Crippen LogP contribution in [0.3, 0.4) is 0 Å². The van der Waals surface area contributed by atoms with E-state index in [1.165, 1.54) is 72.8 Å². The molecule has 0 saturated carbocycles. The average Bonchev–Trinajstić information content (AvgIpc) is 2.93. The van der Waals surface area contributed by atoms with Crippen LogP contribution in [0.2, 0.25) is 0 Å². The summed E-state index contributed by atoms with van der Waals surface area (Å²) in [5.41, 5.74) is 1.13. The largest absolute Gasteiger partial charge is 0.519 e. The first-order chi connectivity index (χ1) is 19.1. The van der Waals surface area contributed by atoms with Crippen molar-refractivity contribution in [1.82, 2.24) is 0 Å². The van der Waals surface area contributed by atoms with Gasteiger partial charge in [-0.3, -0.25) is 20.2 Å². The first kappa shape index (κ1) is 27.9. The van der Waals surface area contributed by atoms with Crippen molar-refractivity contribution in [3.63, 3.8) is 0 Å². The number of rotatable bonds is 6. The predicted molar refractivity (Wildman–Crippen MR) is 149 cm³/mol. The number of nitro groups is 2. The zero-order valence-corrected chi connectivity index (χ0v) is 23.0. The molecule has 4 aromatic rings. The molecule has 0 fully saturated rings. The third-order valence-corrected chi connectivity index (χ3v) is 6.73. The van der Waals surface area contributed by atoms with Gasteiger partial charge in [0.2, 0.25) is 0 Å². The van der Waals surface area contributed by atoms with Gasteiger partial charge in [-0.25, -0.2) is 4.79 Å². The third-order valence-electron chi connectivity index (χ3n) is 5.48. The van der Waals surface area contributed by atoms with Gasteiger partial charge < -0.3 is 9.47 Å². The van der Waals surface area contributed by atoms with E-state index in [9.17, 15) is 25.0 Å². The molecule has 0 aliphatic rings. The van der Waals surface area contributed by atoms with Crippen molar-refractivity contribution in [2.24, 2.45) is 0 Å². The zero-order chi connectivity index (χ0) is 29.0. The quantitative estimate of drug-likeness (QED) is 0.0868. The van der Waals surface area contributed by atoms with Gasteiger partial charge in [-0.2, -0.15) is 10.5 Å². The van der Waals surface area contributed by atoms with Crippen LogP contribution in [-0.4, -0.2) is 16.0 Å². The Bertz CT molecular complexity index is 1630. The first-order valence-corrected chi connectivity index (χ1v) is 12.6. The summed E-state index contributed by atoms with van der Waals surface area (Å²) >= 11 is 6.54. The van der Waals surface area contributed by atoms with Crippen molar-refractivity contribution >= 4 is 49.4 Å². The summed E-state index contributed by atoms with van der Waals surface area (Å²) in [6.07, 6.45) is -1.06. The van der Waals surface area contributed by atoms with E-state index in [4.69, 9.17) is 20.0 Å². The van der Waals surface area contributed by atoms with Crippen LogP contribution in [-0.2, 0) is 0 Å². The second-order valence-corrected chi connectivity index (χ2v) is 9.65. The fourth-order valence-corrected chi connectivity index (χ4v) is 5.12. The smallest absolute Gasteiger partial charge is 0.395 e. The molecule has 0 radical (unpaired) electrons. The molecule has 4 rings (SSSR count). The molecular weight excluding hydrogens is 652 g/mol. The summed E-state index contributed by atoms with van der Waals surface area (Å²) in [6.45, 7) is 0. The fourth-order valence-electron chi connectivity index (χ4n) is 3.77. The van der Waals surface area contributed by atoms with Gasteiger partial charge in [0.05, 0.1) is 44.2 Å². The maximum absolute atomic E-state index is 12.3. The predicted octanol–water partition coefficient (Wildman–Crippen LogP) is 7.68. The molecule has 0 spiro atoms. The minimum Gasteiger partial charge on any atom is -0.395 e. The topological polar surface area (TPSA) is 169 Å². The van der Waals surface area contributed by atoms with Crippen molar-refractivity contribution < 1.29 is 24.1 Å². The van der Waals surface area contributed by atoms with Crippen LogP contribution < -0.4 is 9.47 Å². The van der Waals surface area contributed by atoms with Crippen LogP contribution in [0.5, 0.6) is 11.5 Å². The van der Waals surface area contributed by atoms with Crippen LogP contribution in [0.4, 0.5) is 16.2 Å². The Kier molecular flexibility index (Phi) is 8.19. The lowest BCUT2D eigenvalue weighted by molar-refractivity contribution is -0.384. The van der Waals surface area contributed by atoms with Gasteiger partial charge in [0.1, 0.15) is 11.5 Å². The Morgan fingerprint density at radius 3 is 1.32 bits per heavy atom. The number of nitriles is 2. The van der Waals surface area contributed by atoms with Crippen molar-refractivity contribution in [1.29, 1.82) is 10.5 Å². The van der Waals surface area contributed by atoms with E-state index < -0.39 is 16.0 Å². The van der Waals surface area contributed by atoms with E-state index in [-0.39, 0.29) is 45.1 Å². The van der Waals surface area contributed by atoms with Crippen LogP contribution in [0, 0.1) is 42.9 Å². The summed E-state index contributed by atoms with van der Waals surface area (Å²) in [4.78, 5) is 34.2. The Hall–Kier alpha value is -5.11. The second kappa shape index (κ2) is 11.7. The van der Waals surface area contributed by atoms with E-state index >= 15 is 0 Å². The highest BCUT2D eigenvalue weighted by molar-refractivity contribution is 9.11. The molecule has 0 saturated heterocycles. The molecule has 196 valence electrons. The van der Waals surface area contributed by atoms with E-state index in [2.05, 4.69) is 31.9 Å². The number of hydrogen-bond acceptors (Lipinski definition) is 9. The van der Waals surface area contributed by atoms with Crippen molar-refractivity contribution in [3.05, 3.63) is 113 Å². The molecule has 0 aromatic heterocycles. The maximum Gasteiger partial charge on any atom is 0.519 e. The average molecular weight is 664 g/mol. The molecule has 11 nitrogen and oxygen atoms in total. The molecule has 0 atom stereocenters. The lowest BCUT2D eigenvalue weighted by atomic mass is 10.0. The maximum atomic E-state index is 12.3. The molecule has 0 aliphatic carbocycles. The number of carbonyl (C=O) groups excluding carboxylic acids is 1. The Morgan fingerprint density at radius 2 is 1.02 bits per heavy atom. The van der Waals surface area contributed by atoms with Gasteiger partial charge >= 0.3 is 6.16 Å². The molecule has 4 aromatic carbocycles. The highest BCUT2D eigenvalue weighted by atomic mass is 79.9. The number of halogens is 2. The molecule has 0 unspecified atom stereocenters. The molecule has 0 heterocycles. The Balaban J connectivity index is 1.49. The number of nitrogens with zero attached hydrogens (tertiary/aromatic N) is 4. The zero-order valence-electron chi connectivity index (χ0n) is 19.8. The lowest BCUT2D eigenvalue weighted by Gasteiger charge is -2.10. The van der Waals surface area contributed by atoms with Crippen LogP contribution >= 0.6 is 31.9 Å². The fraction of sp³-hybridized carbons (Fsp3) is 0. The normalized spacial score (nSPS) is 10.2. The van der Waals surface area contributed by atoms with Gasteiger partial charge in [0.25, 0.3) is 11.4 Å². The number of benzene rings is 4. The van der Waals surface area contributed by atoms with Crippen molar-refractivity contribution in [2.75, 3.05) is 0 Å². The third kappa shape index (κ3) is 5.96. The molecule has 13 heteroatoms. The second-order valence-electron chi connectivity index (χ2n) is 7.95. The van der Waals surface area contributed by atoms with Crippen molar-refractivity contribution in [2.45, 2.75) is 0 Å². The summed E-state index contributed by atoms with van der Waals surface area (Å²) < 4.78 is 11.1.